The van der Waals surface area contributed by atoms with Crippen LogP contribution in [0.3, 0.4) is 0 Å². The molecule has 4 aliphatic rings. The molecule has 2 saturated carbocycles. The Kier molecular flexibility index (Phi) is 5.98. The number of nitrogens with one attached hydrogen (secondary N) is 1. The predicted octanol–water partition coefficient (Wildman–Crippen LogP) is 5.52. The molecule has 3 fully saturated rings. The molecule has 6 rings (SSSR count). The van der Waals surface area contributed by atoms with Gasteiger partial charge in [0.05, 0.1) is 0 Å². The van der Waals surface area contributed by atoms with Crippen LogP contribution in [0.5, 0.6) is 5.75 Å². The quantitative estimate of drug-likeness (QED) is 0.580. The highest BCUT2D eigenvalue weighted by atomic mass is 19.1. The topological polar surface area (TPSA) is 57.2 Å². The molecule has 190 valence electrons. The van der Waals surface area contributed by atoms with Crippen LogP contribution in [0.4, 0.5) is 14.9 Å². The van der Waals surface area contributed by atoms with Crippen molar-refractivity contribution in [3.63, 3.8) is 0 Å². The summed E-state index contributed by atoms with van der Waals surface area (Å²) in [5, 5.41) is 3.60. The summed E-state index contributed by atoms with van der Waals surface area (Å²) in [4.78, 5) is 22.0. The predicted molar refractivity (Wildman–Crippen MR) is 139 cm³/mol. The van der Waals surface area contributed by atoms with Gasteiger partial charge in [-0.3, -0.25) is 9.80 Å². The second-order valence-electron chi connectivity index (χ2n) is 11.2. The second kappa shape index (κ2) is 9.18. The van der Waals surface area contributed by atoms with Crippen LogP contribution in [0.1, 0.15) is 57.9 Å². The molecule has 1 N–H and O–H groups in total. The number of amidine groups is 1. The Morgan fingerprint density at radius 1 is 1.17 bits per heavy atom. The number of carbonyl (C=O) groups excluding carboxylic acids is 1. The fourth-order valence-corrected chi connectivity index (χ4v) is 5.92. The number of halogens is 1. The molecule has 2 aromatic carbocycles. The number of amides is 2. The number of likely N-dealkylation sites (tertiary alicyclic amines) is 1. The van der Waals surface area contributed by atoms with E-state index in [0.29, 0.717) is 23.8 Å². The molecule has 2 heterocycles. The van der Waals surface area contributed by atoms with Crippen molar-refractivity contribution in [1.29, 1.82) is 0 Å². The molecule has 2 aliphatic carbocycles. The van der Waals surface area contributed by atoms with Gasteiger partial charge >= 0.3 is 6.03 Å². The summed E-state index contributed by atoms with van der Waals surface area (Å²) >= 11 is 0. The summed E-state index contributed by atoms with van der Waals surface area (Å²) in [6.45, 7) is 6.08. The Morgan fingerprint density at radius 2 is 1.97 bits per heavy atom. The van der Waals surface area contributed by atoms with Gasteiger partial charge in [-0.05, 0) is 87.3 Å². The first kappa shape index (κ1) is 23.5. The standard InChI is InChI=1S/C29H35FN4O2/c1-19-14-26(19)36-25-11-3-6-21(15-25)18-33-13-12-29(17-20(33)2)27(31-23-8-5-9-23)32-28(35)34(29)24-10-4-7-22(30)16-24/h3-4,6-7,10-11,15-16,19-20,23,26H,5,8-9,12-14,17-18H2,1-2H3,(H,31,32,35)/t19-,20+,26+,29-/m1/s1. The molecule has 0 radical (unpaired) electrons. The van der Waals surface area contributed by atoms with Crippen LogP contribution < -0.4 is 15.0 Å². The summed E-state index contributed by atoms with van der Waals surface area (Å²) in [5.41, 5.74) is 1.23. The second-order valence-corrected chi connectivity index (χ2v) is 11.2. The minimum Gasteiger partial charge on any atom is -0.490 e. The van der Waals surface area contributed by atoms with Gasteiger partial charge in [-0.15, -0.1) is 0 Å². The number of piperidine rings is 1. The first-order valence-electron chi connectivity index (χ1n) is 13.4. The number of carbonyl (C=O) groups is 1. The molecule has 0 unspecified atom stereocenters. The van der Waals surface area contributed by atoms with Crippen LogP contribution in [-0.2, 0) is 6.54 Å². The number of nitrogens with zero attached hydrogens (tertiary/aromatic N) is 3. The van der Waals surface area contributed by atoms with Crippen molar-refractivity contribution in [3.8, 4) is 5.75 Å². The average molecular weight is 491 g/mol. The lowest BCUT2D eigenvalue weighted by atomic mass is 9.80. The number of hydrogen-bond donors (Lipinski definition) is 1. The highest BCUT2D eigenvalue weighted by Crippen LogP contribution is 2.42. The van der Waals surface area contributed by atoms with Gasteiger partial charge in [-0.25, -0.2) is 9.18 Å². The molecule has 4 atom stereocenters. The third-order valence-electron chi connectivity index (χ3n) is 8.46. The van der Waals surface area contributed by atoms with Gasteiger partial charge in [0.25, 0.3) is 0 Å². The Hall–Kier alpha value is -2.93. The van der Waals surface area contributed by atoms with Crippen molar-refractivity contribution >= 4 is 17.6 Å². The van der Waals surface area contributed by atoms with E-state index in [-0.39, 0.29) is 17.9 Å². The highest BCUT2D eigenvalue weighted by molar-refractivity contribution is 6.16. The van der Waals surface area contributed by atoms with E-state index in [1.165, 1.54) is 24.1 Å². The average Bonchev–Trinajstić information content (AvgIpc) is 3.44. The fraction of sp³-hybridized carbons (Fsp3) is 0.517. The lowest BCUT2D eigenvalue weighted by molar-refractivity contribution is 0.121. The van der Waals surface area contributed by atoms with Crippen molar-refractivity contribution in [3.05, 3.63) is 59.9 Å². The lowest BCUT2D eigenvalue weighted by Gasteiger charge is -2.49. The van der Waals surface area contributed by atoms with Gasteiger partial charge < -0.3 is 10.1 Å². The summed E-state index contributed by atoms with van der Waals surface area (Å²) in [5.74, 6) is 2.01. The van der Waals surface area contributed by atoms with Crippen molar-refractivity contribution in [2.45, 2.75) is 82.6 Å². The van der Waals surface area contributed by atoms with Gasteiger partial charge in [0.1, 0.15) is 29.0 Å². The first-order chi connectivity index (χ1) is 17.4. The number of aliphatic imine (C=N–C) groups is 1. The molecule has 2 aliphatic heterocycles. The fourth-order valence-electron chi connectivity index (χ4n) is 5.92. The van der Waals surface area contributed by atoms with Crippen molar-refractivity contribution < 1.29 is 13.9 Å². The van der Waals surface area contributed by atoms with Crippen LogP contribution >= 0.6 is 0 Å². The Morgan fingerprint density at radius 3 is 2.67 bits per heavy atom. The van der Waals surface area contributed by atoms with E-state index in [1.807, 2.05) is 12.1 Å². The first-order valence-corrected chi connectivity index (χ1v) is 13.4. The number of benzene rings is 2. The zero-order valence-electron chi connectivity index (χ0n) is 21.1. The Balaban J connectivity index is 1.23. The number of urea groups is 1. The van der Waals surface area contributed by atoms with Crippen molar-refractivity contribution in [2.24, 2.45) is 10.9 Å². The molecule has 6 nitrogen and oxygen atoms in total. The molecular formula is C29H35FN4O2. The number of ether oxygens (including phenoxy) is 1. The molecule has 2 amide bonds. The molecule has 0 aromatic heterocycles. The van der Waals surface area contributed by atoms with Crippen LogP contribution in [0.2, 0.25) is 0 Å². The zero-order chi connectivity index (χ0) is 24.9. The van der Waals surface area contributed by atoms with E-state index in [4.69, 9.17) is 4.74 Å². The van der Waals surface area contributed by atoms with E-state index in [1.54, 1.807) is 11.0 Å². The number of rotatable bonds is 6. The zero-order valence-corrected chi connectivity index (χ0v) is 21.1. The van der Waals surface area contributed by atoms with E-state index in [9.17, 15) is 9.18 Å². The third-order valence-corrected chi connectivity index (χ3v) is 8.46. The van der Waals surface area contributed by atoms with Crippen LogP contribution in [0.15, 0.2) is 53.5 Å². The lowest BCUT2D eigenvalue weighted by Crippen LogP contribution is -2.64. The minimum atomic E-state index is -0.580. The van der Waals surface area contributed by atoms with Crippen molar-refractivity contribution in [1.82, 2.24) is 10.2 Å². The summed E-state index contributed by atoms with van der Waals surface area (Å²) in [6.07, 6.45) is 6.37. The maximum atomic E-state index is 14.2. The molecule has 2 aromatic rings. The van der Waals surface area contributed by atoms with Gasteiger partial charge in [0, 0.05) is 30.9 Å². The van der Waals surface area contributed by atoms with Crippen molar-refractivity contribution in [2.75, 3.05) is 11.4 Å². The summed E-state index contributed by atoms with van der Waals surface area (Å²) in [6, 6.07) is 15.0. The van der Waals surface area contributed by atoms with Gasteiger partial charge in [0.15, 0.2) is 0 Å². The van der Waals surface area contributed by atoms with Crippen LogP contribution in [0.25, 0.3) is 0 Å². The summed E-state index contributed by atoms with van der Waals surface area (Å²) in [7, 11) is 0. The van der Waals surface area contributed by atoms with Gasteiger partial charge in [-0.2, -0.15) is 4.99 Å². The molecule has 0 bridgehead atoms. The maximum absolute atomic E-state index is 14.2. The summed E-state index contributed by atoms with van der Waals surface area (Å²) < 4.78 is 20.3. The van der Waals surface area contributed by atoms with Gasteiger partial charge in [0.2, 0.25) is 0 Å². The monoisotopic (exact) mass is 490 g/mol. The maximum Gasteiger partial charge on any atom is 0.350 e. The van der Waals surface area contributed by atoms with E-state index in [2.05, 4.69) is 47.3 Å². The Labute approximate surface area is 212 Å². The van der Waals surface area contributed by atoms with Gasteiger partial charge in [-0.1, -0.05) is 25.1 Å². The smallest absolute Gasteiger partial charge is 0.350 e. The molecular weight excluding hydrogens is 455 g/mol. The van der Waals surface area contributed by atoms with Crippen LogP contribution in [0, 0.1) is 11.7 Å². The third kappa shape index (κ3) is 4.38. The SMILES string of the molecule is C[C@@H]1C[C@@H]1Oc1cccc(CN2CC[C@@]3(C[C@@H]2C)C(NC2CCC2)=NC(=O)N3c2cccc(F)c2)c1. The van der Waals surface area contributed by atoms with Crippen LogP contribution in [-0.4, -0.2) is 47.0 Å². The number of hydrogen-bond acceptors (Lipinski definition) is 4. The largest absolute Gasteiger partial charge is 0.490 e. The molecule has 1 spiro atoms. The minimum absolute atomic E-state index is 0.210. The van der Waals surface area contributed by atoms with E-state index >= 15 is 0 Å². The van der Waals surface area contributed by atoms with E-state index in [0.717, 1.165) is 56.8 Å². The molecule has 36 heavy (non-hydrogen) atoms. The normalized spacial score (nSPS) is 30.3. The number of anilines is 1. The molecule has 1 saturated heterocycles. The molecule has 7 heteroatoms. The highest BCUT2D eigenvalue weighted by Gasteiger charge is 2.54. The van der Waals surface area contributed by atoms with E-state index < -0.39 is 5.54 Å². The Bertz CT molecular complexity index is 1180.